The van der Waals surface area contributed by atoms with Crippen molar-refractivity contribution in [1.82, 2.24) is 0 Å². The molecule has 2 aliphatic rings. The van der Waals surface area contributed by atoms with Gasteiger partial charge in [0, 0.05) is 0 Å². The molecule has 0 spiro atoms. The molecule has 2 rings (SSSR count). The molecule has 0 aromatic rings. The van der Waals surface area contributed by atoms with E-state index in [0.717, 1.165) is 34.7 Å². The van der Waals surface area contributed by atoms with Crippen LogP contribution in [-0.2, 0) is 0 Å². The number of rotatable bonds is 4. The molecule has 13 heavy (non-hydrogen) atoms. The monoisotopic (exact) mass is 304 g/mol. The molecule has 2 heteroatoms. The van der Waals surface area contributed by atoms with Gasteiger partial charge in [-0.2, -0.15) is 0 Å². The molecular formula is C11H12Se2. The van der Waals surface area contributed by atoms with Crippen molar-refractivity contribution in [3.05, 3.63) is 47.0 Å². The first-order chi connectivity index (χ1) is 6.45. The summed E-state index contributed by atoms with van der Waals surface area (Å²) >= 11 is 1.57. The van der Waals surface area contributed by atoms with Gasteiger partial charge in [0.2, 0.25) is 0 Å². The SMILES string of the molecule is C1=CCC([Se]C[Se]C2C=CC=C2)=C1. The van der Waals surface area contributed by atoms with E-state index in [0.29, 0.717) is 0 Å². The predicted molar refractivity (Wildman–Crippen MR) is 60.2 cm³/mol. The van der Waals surface area contributed by atoms with Crippen molar-refractivity contribution < 1.29 is 0 Å². The van der Waals surface area contributed by atoms with Gasteiger partial charge in [-0.1, -0.05) is 0 Å². The molecular weight excluding hydrogens is 290 g/mol. The molecule has 0 aromatic carbocycles. The Bertz CT molecular complexity index is 272. The average molecular weight is 302 g/mol. The van der Waals surface area contributed by atoms with Crippen molar-refractivity contribution in [2.24, 2.45) is 0 Å². The summed E-state index contributed by atoms with van der Waals surface area (Å²) in [6.07, 6.45) is 17.0. The van der Waals surface area contributed by atoms with Gasteiger partial charge < -0.3 is 0 Å². The number of hydrogen-bond donors (Lipinski definition) is 0. The Balaban J connectivity index is 1.64. The topological polar surface area (TPSA) is 0 Å². The molecule has 0 saturated carbocycles. The van der Waals surface area contributed by atoms with Gasteiger partial charge in [-0.25, -0.2) is 0 Å². The van der Waals surface area contributed by atoms with Crippen LogP contribution in [0, 0.1) is 0 Å². The first-order valence-corrected chi connectivity index (χ1v) is 8.67. The van der Waals surface area contributed by atoms with Gasteiger partial charge in [-0.15, -0.1) is 0 Å². The molecule has 0 N–H and O–H groups in total. The summed E-state index contributed by atoms with van der Waals surface area (Å²) in [4.78, 5) is 0.796. The second kappa shape index (κ2) is 5.02. The Morgan fingerprint density at radius 2 is 2.08 bits per heavy atom. The second-order valence-electron chi connectivity index (χ2n) is 2.93. The Kier molecular flexibility index (Phi) is 3.69. The molecule has 0 nitrogen and oxygen atoms in total. The maximum absolute atomic E-state index is 2.33. The maximum atomic E-state index is 2.33. The molecule has 0 radical (unpaired) electrons. The zero-order valence-corrected chi connectivity index (χ0v) is 10.8. The summed E-state index contributed by atoms with van der Waals surface area (Å²) in [5.41, 5.74) is 0. The van der Waals surface area contributed by atoms with Crippen LogP contribution in [0.5, 0.6) is 0 Å². The predicted octanol–water partition coefficient (Wildman–Crippen LogP) is 2.53. The van der Waals surface area contributed by atoms with Crippen LogP contribution in [0.2, 0.25) is 9.03 Å². The van der Waals surface area contributed by atoms with E-state index in [-0.39, 0.29) is 0 Å². The third-order valence-corrected chi connectivity index (χ3v) is 8.14. The van der Waals surface area contributed by atoms with E-state index in [1.807, 2.05) is 0 Å². The molecule has 0 heterocycles. The standard InChI is InChI=1S/C11H12Se2/c1-2-6-10(5-1)12-9-13-11-7-3-4-8-11/h1-7,10H,8-9H2. The van der Waals surface area contributed by atoms with Crippen LogP contribution >= 0.6 is 0 Å². The fourth-order valence-corrected chi connectivity index (χ4v) is 7.80. The van der Waals surface area contributed by atoms with Gasteiger partial charge in [-0.3, -0.25) is 0 Å². The first kappa shape index (κ1) is 9.55. The zero-order valence-electron chi connectivity index (χ0n) is 7.35. The van der Waals surface area contributed by atoms with Crippen LogP contribution in [-0.4, -0.2) is 29.9 Å². The quantitative estimate of drug-likeness (QED) is 0.700. The van der Waals surface area contributed by atoms with Gasteiger partial charge >= 0.3 is 92.4 Å². The fraction of sp³-hybridized carbons (Fsp3) is 0.273. The van der Waals surface area contributed by atoms with Crippen LogP contribution in [0.4, 0.5) is 0 Å². The molecule has 0 amide bonds. The van der Waals surface area contributed by atoms with Crippen molar-refractivity contribution >= 4 is 29.9 Å². The second-order valence-corrected chi connectivity index (χ2v) is 9.54. The third-order valence-electron chi connectivity index (χ3n) is 1.95. The van der Waals surface area contributed by atoms with E-state index in [9.17, 15) is 0 Å². The summed E-state index contributed by atoms with van der Waals surface area (Å²) in [6, 6.07) is 0. The minimum atomic E-state index is 0.772. The summed E-state index contributed by atoms with van der Waals surface area (Å²) in [5.74, 6) is 0. The summed E-state index contributed by atoms with van der Waals surface area (Å²) in [5, 5.41) is 0. The fourth-order valence-electron chi connectivity index (χ4n) is 1.25. The summed E-state index contributed by atoms with van der Waals surface area (Å²) in [6.45, 7) is 0. The van der Waals surface area contributed by atoms with Crippen LogP contribution in [0.15, 0.2) is 47.0 Å². The van der Waals surface area contributed by atoms with Gasteiger partial charge in [-0.05, 0) is 0 Å². The third kappa shape index (κ3) is 3.00. The number of hydrogen-bond acceptors (Lipinski definition) is 0. The Morgan fingerprint density at radius 3 is 2.77 bits per heavy atom. The molecule has 0 fully saturated rings. The molecule has 0 atom stereocenters. The summed E-state index contributed by atoms with van der Waals surface area (Å²) < 4.78 is 3.13. The summed E-state index contributed by atoms with van der Waals surface area (Å²) in [7, 11) is 0. The van der Waals surface area contributed by atoms with Gasteiger partial charge in [0.1, 0.15) is 0 Å². The Labute approximate surface area is 92.2 Å². The molecule has 2 aliphatic carbocycles. The van der Waals surface area contributed by atoms with E-state index in [2.05, 4.69) is 42.5 Å². The number of allylic oxidation sites excluding steroid dienone is 8. The molecule has 0 saturated heterocycles. The minimum absolute atomic E-state index is 0.772. The van der Waals surface area contributed by atoms with E-state index >= 15 is 0 Å². The Hall–Kier alpha value is -0.00104. The van der Waals surface area contributed by atoms with Crippen molar-refractivity contribution in [3.63, 3.8) is 0 Å². The van der Waals surface area contributed by atoms with Crippen LogP contribution < -0.4 is 0 Å². The Morgan fingerprint density at radius 1 is 1.23 bits per heavy atom. The van der Waals surface area contributed by atoms with Crippen LogP contribution in [0.3, 0.4) is 0 Å². The van der Waals surface area contributed by atoms with Crippen molar-refractivity contribution in [2.45, 2.75) is 15.5 Å². The molecule has 68 valence electrons. The van der Waals surface area contributed by atoms with Gasteiger partial charge in [0.05, 0.1) is 0 Å². The molecule has 0 aliphatic heterocycles. The van der Waals surface area contributed by atoms with Crippen LogP contribution in [0.25, 0.3) is 0 Å². The van der Waals surface area contributed by atoms with E-state index in [4.69, 9.17) is 0 Å². The van der Waals surface area contributed by atoms with Crippen molar-refractivity contribution in [3.8, 4) is 0 Å². The van der Waals surface area contributed by atoms with E-state index < -0.39 is 0 Å². The van der Waals surface area contributed by atoms with Crippen LogP contribution in [0.1, 0.15) is 6.42 Å². The molecule has 0 aromatic heterocycles. The van der Waals surface area contributed by atoms with Gasteiger partial charge in [0.25, 0.3) is 0 Å². The van der Waals surface area contributed by atoms with Crippen molar-refractivity contribution in [2.75, 3.05) is 0 Å². The zero-order chi connectivity index (χ0) is 8.93. The van der Waals surface area contributed by atoms with Gasteiger partial charge in [0.15, 0.2) is 0 Å². The van der Waals surface area contributed by atoms with E-state index in [1.54, 1.807) is 4.47 Å². The first-order valence-electron chi connectivity index (χ1n) is 4.40. The molecule has 0 bridgehead atoms. The molecule has 0 unspecified atom stereocenters. The average Bonchev–Trinajstić information content (AvgIpc) is 2.75. The normalized spacial score (nSPS) is 20.2. The van der Waals surface area contributed by atoms with E-state index in [1.165, 1.54) is 10.6 Å². The van der Waals surface area contributed by atoms with Crippen molar-refractivity contribution in [1.29, 1.82) is 0 Å².